The smallest absolute Gasteiger partial charge is 0.311 e. The van der Waals surface area contributed by atoms with Gasteiger partial charge in [-0.3, -0.25) is 4.79 Å². The van der Waals surface area contributed by atoms with E-state index in [1.807, 2.05) is 32.9 Å². The highest BCUT2D eigenvalue weighted by Crippen LogP contribution is 2.27. The topological polar surface area (TPSA) is 35.5 Å². The molecule has 1 aromatic heterocycles. The van der Waals surface area contributed by atoms with E-state index in [1.54, 1.807) is 6.92 Å². The van der Waals surface area contributed by atoms with Gasteiger partial charge in [-0.1, -0.05) is 6.58 Å². The van der Waals surface area contributed by atoms with Crippen LogP contribution < -0.4 is 4.74 Å². The van der Waals surface area contributed by atoms with Crippen LogP contribution in [0.4, 0.5) is 0 Å². The summed E-state index contributed by atoms with van der Waals surface area (Å²) in [5.41, 5.74) is -0.464. The van der Waals surface area contributed by atoms with Crippen molar-refractivity contribution in [3.05, 3.63) is 29.3 Å². The van der Waals surface area contributed by atoms with E-state index in [9.17, 15) is 4.79 Å². The maximum Gasteiger partial charge on any atom is 0.311 e. The Kier molecular flexibility index (Phi) is 4.34. The van der Waals surface area contributed by atoms with Gasteiger partial charge in [0.1, 0.15) is 6.61 Å². The van der Waals surface area contributed by atoms with Crippen LogP contribution in [-0.2, 0) is 16.1 Å². The Labute approximate surface area is 106 Å². The molecule has 0 saturated carbocycles. The Morgan fingerprint density at radius 3 is 2.59 bits per heavy atom. The first-order valence-electron chi connectivity index (χ1n) is 5.38. The van der Waals surface area contributed by atoms with Crippen LogP contribution in [0, 0.1) is 5.41 Å². The SMILES string of the molecule is C=C(C)Oc1ccc(COC(=O)C(C)(C)C)s1. The van der Waals surface area contributed by atoms with Crippen molar-refractivity contribution in [2.75, 3.05) is 0 Å². The lowest BCUT2D eigenvalue weighted by atomic mass is 9.97. The number of allylic oxidation sites excluding steroid dienone is 1. The van der Waals surface area contributed by atoms with Crippen molar-refractivity contribution in [3.8, 4) is 5.06 Å². The maximum absolute atomic E-state index is 11.6. The second-order valence-electron chi connectivity index (χ2n) is 4.85. The maximum atomic E-state index is 11.6. The molecular weight excluding hydrogens is 236 g/mol. The van der Waals surface area contributed by atoms with Crippen LogP contribution in [0.25, 0.3) is 0 Å². The van der Waals surface area contributed by atoms with Crippen LogP contribution in [0.1, 0.15) is 32.6 Å². The summed E-state index contributed by atoms with van der Waals surface area (Å²) in [6.07, 6.45) is 0. The molecule has 0 fully saturated rings. The van der Waals surface area contributed by atoms with E-state index in [0.717, 1.165) is 9.94 Å². The van der Waals surface area contributed by atoms with Crippen molar-refractivity contribution in [1.29, 1.82) is 0 Å². The van der Waals surface area contributed by atoms with Gasteiger partial charge in [-0.25, -0.2) is 0 Å². The van der Waals surface area contributed by atoms with Crippen molar-refractivity contribution >= 4 is 17.3 Å². The highest BCUT2D eigenvalue weighted by Gasteiger charge is 2.23. The number of carbonyl (C=O) groups is 1. The summed E-state index contributed by atoms with van der Waals surface area (Å²) in [5.74, 6) is 0.443. The third kappa shape index (κ3) is 4.61. The lowest BCUT2D eigenvalue weighted by molar-refractivity contribution is -0.154. The monoisotopic (exact) mass is 254 g/mol. The standard InChI is InChI=1S/C13H18O3S/c1-9(2)16-11-7-6-10(17-11)8-15-12(14)13(3,4)5/h6-7H,1,8H2,2-5H3. The number of hydrogen-bond donors (Lipinski definition) is 0. The van der Waals surface area contributed by atoms with E-state index in [1.165, 1.54) is 11.3 Å². The number of hydrogen-bond acceptors (Lipinski definition) is 4. The molecule has 0 aromatic carbocycles. The fourth-order valence-electron chi connectivity index (χ4n) is 1.02. The summed E-state index contributed by atoms with van der Waals surface area (Å²) in [7, 11) is 0. The first-order chi connectivity index (χ1) is 7.79. The summed E-state index contributed by atoms with van der Waals surface area (Å²) in [4.78, 5) is 12.5. The molecule has 94 valence electrons. The molecular formula is C13H18O3S. The van der Waals surface area contributed by atoms with Crippen LogP contribution in [0.15, 0.2) is 24.5 Å². The predicted octanol–water partition coefficient (Wildman–Crippen LogP) is 3.75. The molecule has 0 bridgehead atoms. The van der Waals surface area contributed by atoms with E-state index in [0.29, 0.717) is 12.4 Å². The minimum absolute atomic E-state index is 0.201. The molecule has 0 atom stereocenters. The lowest BCUT2D eigenvalue weighted by Gasteiger charge is -2.15. The van der Waals surface area contributed by atoms with E-state index in [-0.39, 0.29) is 5.97 Å². The van der Waals surface area contributed by atoms with Crippen molar-refractivity contribution in [2.45, 2.75) is 34.3 Å². The largest absolute Gasteiger partial charge is 0.460 e. The summed E-state index contributed by atoms with van der Waals surface area (Å²) in [6.45, 7) is 11.2. The van der Waals surface area contributed by atoms with Gasteiger partial charge >= 0.3 is 5.97 Å². The van der Waals surface area contributed by atoms with Gasteiger partial charge in [-0.15, -0.1) is 11.3 Å². The molecule has 0 aliphatic carbocycles. The molecule has 0 spiro atoms. The third-order valence-electron chi connectivity index (χ3n) is 1.87. The minimum atomic E-state index is -0.464. The van der Waals surface area contributed by atoms with Crippen molar-refractivity contribution in [2.24, 2.45) is 5.41 Å². The van der Waals surface area contributed by atoms with Crippen LogP contribution in [0.5, 0.6) is 5.06 Å². The van der Waals surface area contributed by atoms with Gasteiger partial charge < -0.3 is 9.47 Å². The molecule has 0 aliphatic rings. The van der Waals surface area contributed by atoms with Crippen molar-refractivity contribution < 1.29 is 14.3 Å². The Morgan fingerprint density at radius 2 is 2.06 bits per heavy atom. The average molecular weight is 254 g/mol. The number of rotatable bonds is 4. The third-order valence-corrected chi connectivity index (χ3v) is 2.81. The molecule has 1 heterocycles. The Hall–Kier alpha value is -1.29. The Morgan fingerprint density at radius 1 is 1.41 bits per heavy atom. The number of esters is 1. The van der Waals surface area contributed by atoms with Gasteiger partial charge in [0, 0.05) is 4.88 Å². The number of carbonyl (C=O) groups excluding carboxylic acids is 1. The zero-order chi connectivity index (χ0) is 13.1. The highest BCUT2D eigenvalue weighted by molar-refractivity contribution is 7.13. The first kappa shape index (κ1) is 13.8. The minimum Gasteiger partial charge on any atom is -0.460 e. The van der Waals surface area contributed by atoms with Crippen molar-refractivity contribution in [1.82, 2.24) is 0 Å². The molecule has 0 unspecified atom stereocenters. The van der Waals surface area contributed by atoms with Gasteiger partial charge in [0.05, 0.1) is 11.2 Å². The quantitative estimate of drug-likeness (QED) is 0.606. The summed E-state index contributed by atoms with van der Waals surface area (Å²) >= 11 is 1.45. The van der Waals surface area contributed by atoms with Crippen LogP contribution in [-0.4, -0.2) is 5.97 Å². The predicted molar refractivity (Wildman–Crippen MR) is 69.0 cm³/mol. The van der Waals surface area contributed by atoms with Gasteiger partial charge in [-0.05, 0) is 39.8 Å². The zero-order valence-electron chi connectivity index (χ0n) is 10.7. The molecule has 17 heavy (non-hydrogen) atoms. The number of thiophene rings is 1. The van der Waals surface area contributed by atoms with Crippen LogP contribution >= 0.6 is 11.3 Å². The molecule has 4 heteroatoms. The normalized spacial score (nSPS) is 11.1. The van der Waals surface area contributed by atoms with Gasteiger partial charge in [-0.2, -0.15) is 0 Å². The molecule has 0 saturated heterocycles. The average Bonchev–Trinajstić information content (AvgIpc) is 2.59. The fourth-order valence-corrected chi connectivity index (χ4v) is 1.85. The number of ether oxygens (including phenoxy) is 2. The Balaban J connectivity index is 2.50. The first-order valence-corrected chi connectivity index (χ1v) is 6.20. The lowest BCUT2D eigenvalue weighted by Crippen LogP contribution is -2.22. The molecule has 0 radical (unpaired) electrons. The van der Waals surface area contributed by atoms with E-state index < -0.39 is 5.41 Å². The van der Waals surface area contributed by atoms with Gasteiger partial charge in [0.15, 0.2) is 5.06 Å². The van der Waals surface area contributed by atoms with Crippen LogP contribution in [0.2, 0.25) is 0 Å². The highest BCUT2D eigenvalue weighted by atomic mass is 32.1. The zero-order valence-corrected chi connectivity index (χ0v) is 11.5. The summed E-state index contributed by atoms with van der Waals surface area (Å²) in [5, 5.41) is 0.763. The fraction of sp³-hybridized carbons (Fsp3) is 0.462. The Bertz CT molecular complexity index is 413. The molecule has 1 aromatic rings. The van der Waals surface area contributed by atoms with Crippen LogP contribution in [0.3, 0.4) is 0 Å². The van der Waals surface area contributed by atoms with Gasteiger partial charge in [0.2, 0.25) is 0 Å². The summed E-state index contributed by atoms with van der Waals surface area (Å²) in [6, 6.07) is 3.73. The molecule has 0 aliphatic heterocycles. The van der Waals surface area contributed by atoms with E-state index in [4.69, 9.17) is 9.47 Å². The molecule has 3 nitrogen and oxygen atoms in total. The van der Waals surface area contributed by atoms with E-state index in [2.05, 4.69) is 6.58 Å². The second kappa shape index (κ2) is 5.36. The second-order valence-corrected chi connectivity index (χ2v) is 5.98. The van der Waals surface area contributed by atoms with E-state index >= 15 is 0 Å². The van der Waals surface area contributed by atoms with Crippen molar-refractivity contribution in [3.63, 3.8) is 0 Å². The molecule has 0 amide bonds. The molecule has 1 rings (SSSR count). The molecule has 0 N–H and O–H groups in total. The summed E-state index contributed by atoms with van der Waals surface area (Å²) < 4.78 is 10.6. The van der Waals surface area contributed by atoms with Gasteiger partial charge in [0.25, 0.3) is 0 Å².